The number of benzene rings is 3. The molecule has 0 aliphatic rings. The number of aromatic nitrogens is 1. The van der Waals surface area contributed by atoms with Crippen LogP contribution in [0.15, 0.2) is 77.7 Å². The van der Waals surface area contributed by atoms with Gasteiger partial charge in [0.15, 0.2) is 0 Å². The molecular formula is C28H31N3O3S2. The molecule has 0 atom stereocenters. The Morgan fingerprint density at radius 2 is 1.58 bits per heavy atom. The molecule has 4 aromatic rings. The van der Waals surface area contributed by atoms with Crippen LogP contribution < -0.4 is 5.32 Å². The number of thiazole rings is 1. The summed E-state index contributed by atoms with van der Waals surface area (Å²) in [6, 6.07) is 21.7. The summed E-state index contributed by atoms with van der Waals surface area (Å²) in [4.78, 5) is 17.8. The third kappa shape index (κ3) is 6.00. The molecule has 6 nitrogen and oxygen atoms in total. The predicted octanol–water partition coefficient (Wildman–Crippen LogP) is 6.52. The Labute approximate surface area is 217 Å². The Balaban J connectivity index is 1.50. The Morgan fingerprint density at radius 1 is 0.917 bits per heavy atom. The second-order valence-corrected chi connectivity index (χ2v) is 12.6. The lowest BCUT2D eigenvalue weighted by Gasteiger charge is -2.25. The van der Waals surface area contributed by atoms with E-state index < -0.39 is 10.0 Å². The van der Waals surface area contributed by atoms with E-state index in [0.29, 0.717) is 24.3 Å². The number of amides is 1. The van der Waals surface area contributed by atoms with Gasteiger partial charge < -0.3 is 5.32 Å². The number of rotatable bonds is 9. The van der Waals surface area contributed by atoms with Crippen LogP contribution in [0.4, 0.5) is 5.69 Å². The highest BCUT2D eigenvalue weighted by Crippen LogP contribution is 2.31. The molecular weight excluding hydrogens is 490 g/mol. The van der Waals surface area contributed by atoms with Crippen molar-refractivity contribution in [2.45, 2.75) is 32.6 Å². The summed E-state index contributed by atoms with van der Waals surface area (Å²) in [7, 11) is -3.64. The van der Waals surface area contributed by atoms with Gasteiger partial charge in [-0.05, 0) is 60.4 Å². The lowest BCUT2D eigenvalue weighted by molar-refractivity contribution is 0.102. The lowest BCUT2D eigenvalue weighted by Crippen LogP contribution is -2.37. The van der Waals surface area contributed by atoms with E-state index in [2.05, 4.69) is 10.3 Å². The third-order valence-electron chi connectivity index (χ3n) is 5.55. The van der Waals surface area contributed by atoms with Crippen molar-refractivity contribution in [3.8, 4) is 10.6 Å². The van der Waals surface area contributed by atoms with Gasteiger partial charge >= 0.3 is 0 Å². The van der Waals surface area contributed by atoms with Crippen molar-refractivity contribution in [1.82, 2.24) is 9.29 Å². The Hall–Kier alpha value is -3.07. The molecule has 0 aliphatic heterocycles. The van der Waals surface area contributed by atoms with Crippen molar-refractivity contribution in [3.63, 3.8) is 0 Å². The first-order valence-electron chi connectivity index (χ1n) is 12.0. The molecule has 1 N–H and O–H groups in total. The van der Waals surface area contributed by atoms with Crippen LogP contribution in [0.5, 0.6) is 0 Å². The quantitative estimate of drug-likeness (QED) is 0.272. The number of nitrogens with zero attached hydrogens (tertiary/aromatic N) is 2. The van der Waals surface area contributed by atoms with Gasteiger partial charge in [0, 0.05) is 29.9 Å². The molecule has 1 heterocycles. The first-order valence-corrected chi connectivity index (χ1v) is 14.3. The predicted molar refractivity (Wildman–Crippen MR) is 148 cm³/mol. The standard InChI is InChI=1S/C28H31N3O3S2/c1-19(2)17-31(18-20(3)4)36(33,34)24-14-12-21(13-15-24)27(32)29-23-9-7-8-22(16-23)28-30-25-10-5-6-11-26(25)35-28/h5-16,19-20H,17-18H2,1-4H3,(H,29,32). The van der Waals surface area contributed by atoms with E-state index in [9.17, 15) is 13.2 Å². The normalized spacial score (nSPS) is 12.1. The molecule has 0 fully saturated rings. The molecule has 1 amide bonds. The molecule has 8 heteroatoms. The fraction of sp³-hybridized carbons (Fsp3) is 0.286. The monoisotopic (exact) mass is 521 g/mol. The van der Waals surface area contributed by atoms with Crippen LogP contribution in [0, 0.1) is 11.8 Å². The van der Waals surface area contributed by atoms with E-state index in [4.69, 9.17) is 0 Å². The van der Waals surface area contributed by atoms with Crippen LogP contribution >= 0.6 is 11.3 Å². The van der Waals surface area contributed by atoms with Crippen molar-refractivity contribution in [3.05, 3.63) is 78.4 Å². The van der Waals surface area contributed by atoms with E-state index in [1.165, 1.54) is 16.4 Å². The topological polar surface area (TPSA) is 79.4 Å². The number of anilines is 1. The van der Waals surface area contributed by atoms with Crippen molar-refractivity contribution >= 4 is 43.2 Å². The summed E-state index contributed by atoms with van der Waals surface area (Å²) >= 11 is 1.60. The van der Waals surface area contributed by atoms with Gasteiger partial charge in [-0.3, -0.25) is 4.79 Å². The zero-order valence-corrected chi connectivity index (χ0v) is 22.6. The minimum Gasteiger partial charge on any atom is -0.322 e. The molecule has 0 aliphatic carbocycles. The van der Waals surface area contributed by atoms with E-state index in [1.807, 2.05) is 76.2 Å². The highest BCUT2D eigenvalue weighted by Gasteiger charge is 2.26. The summed E-state index contributed by atoms with van der Waals surface area (Å²) in [6.45, 7) is 8.91. The first kappa shape index (κ1) is 26.0. The van der Waals surface area contributed by atoms with Gasteiger partial charge in [-0.1, -0.05) is 52.0 Å². The zero-order valence-electron chi connectivity index (χ0n) is 20.9. The van der Waals surface area contributed by atoms with Crippen LogP contribution in [-0.4, -0.2) is 36.7 Å². The van der Waals surface area contributed by atoms with Crippen molar-refractivity contribution in [2.75, 3.05) is 18.4 Å². The van der Waals surface area contributed by atoms with Gasteiger partial charge in [0.2, 0.25) is 10.0 Å². The Bertz CT molecular complexity index is 1420. The largest absolute Gasteiger partial charge is 0.322 e. The summed E-state index contributed by atoms with van der Waals surface area (Å²) in [5.41, 5.74) is 2.90. The summed E-state index contributed by atoms with van der Waals surface area (Å²) in [5, 5.41) is 3.80. The maximum absolute atomic E-state index is 13.2. The molecule has 0 unspecified atom stereocenters. The van der Waals surface area contributed by atoms with Crippen LogP contribution in [0.2, 0.25) is 0 Å². The average Bonchev–Trinajstić information content (AvgIpc) is 3.28. The molecule has 36 heavy (non-hydrogen) atoms. The lowest BCUT2D eigenvalue weighted by atomic mass is 10.2. The van der Waals surface area contributed by atoms with Gasteiger partial charge in [0.25, 0.3) is 5.91 Å². The van der Waals surface area contributed by atoms with Crippen molar-refractivity contribution in [2.24, 2.45) is 11.8 Å². The fourth-order valence-corrected chi connectivity index (χ4v) is 6.67. The third-order valence-corrected chi connectivity index (χ3v) is 8.48. The van der Waals surface area contributed by atoms with E-state index in [1.54, 1.807) is 23.5 Å². The smallest absolute Gasteiger partial charge is 0.255 e. The number of hydrogen-bond donors (Lipinski definition) is 1. The maximum atomic E-state index is 13.2. The molecule has 0 spiro atoms. The number of hydrogen-bond acceptors (Lipinski definition) is 5. The van der Waals surface area contributed by atoms with Crippen LogP contribution in [0.1, 0.15) is 38.1 Å². The van der Waals surface area contributed by atoms with Crippen molar-refractivity contribution < 1.29 is 13.2 Å². The number of para-hydroxylation sites is 1. The SMILES string of the molecule is CC(C)CN(CC(C)C)S(=O)(=O)c1ccc(C(=O)Nc2cccc(-c3nc4ccccc4s3)c2)cc1. The van der Waals surface area contributed by atoms with E-state index in [0.717, 1.165) is 20.8 Å². The van der Waals surface area contributed by atoms with E-state index >= 15 is 0 Å². The molecule has 3 aromatic carbocycles. The van der Waals surface area contributed by atoms with Gasteiger partial charge in [0.05, 0.1) is 15.1 Å². The van der Waals surface area contributed by atoms with Gasteiger partial charge in [-0.15, -0.1) is 11.3 Å². The van der Waals surface area contributed by atoms with Crippen molar-refractivity contribution in [1.29, 1.82) is 0 Å². The summed E-state index contributed by atoms with van der Waals surface area (Å²) in [5.74, 6) is 0.116. The molecule has 4 rings (SSSR count). The van der Waals surface area contributed by atoms with Crippen LogP contribution in [0.25, 0.3) is 20.8 Å². The highest BCUT2D eigenvalue weighted by molar-refractivity contribution is 7.89. The Kier molecular flexibility index (Phi) is 7.88. The minimum atomic E-state index is -3.64. The second-order valence-electron chi connectivity index (χ2n) is 9.66. The number of sulfonamides is 1. The summed E-state index contributed by atoms with van der Waals surface area (Å²) in [6.07, 6.45) is 0. The molecule has 0 saturated heterocycles. The fourth-order valence-electron chi connectivity index (χ4n) is 3.94. The number of carbonyl (C=O) groups excluding carboxylic acids is 1. The van der Waals surface area contributed by atoms with Gasteiger partial charge in [-0.2, -0.15) is 4.31 Å². The number of fused-ring (bicyclic) bond motifs is 1. The van der Waals surface area contributed by atoms with Crippen LogP contribution in [0.3, 0.4) is 0 Å². The molecule has 188 valence electrons. The Morgan fingerprint density at radius 3 is 2.22 bits per heavy atom. The average molecular weight is 522 g/mol. The zero-order chi connectivity index (χ0) is 25.9. The molecule has 0 bridgehead atoms. The summed E-state index contributed by atoms with van der Waals surface area (Å²) < 4.78 is 29.1. The number of carbonyl (C=O) groups is 1. The van der Waals surface area contributed by atoms with Gasteiger partial charge in [0.1, 0.15) is 5.01 Å². The van der Waals surface area contributed by atoms with E-state index in [-0.39, 0.29) is 22.6 Å². The molecule has 1 aromatic heterocycles. The maximum Gasteiger partial charge on any atom is 0.255 e. The highest BCUT2D eigenvalue weighted by atomic mass is 32.2. The second kappa shape index (κ2) is 10.9. The molecule has 0 saturated carbocycles. The minimum absolute atomic E-state index is 0.193. The molecule has 0 radical (unpaired) electrons. The number of nitrogens with one attached hydrogen (secondary N) is 1. The first-order chi connectivity index (χ1) is 17.1. The van der Waals surface area contributed by atoms with Crippen LogP contribution in [-0.2, 0) is 10.0 Å². The van der Waals surface area contributed by atoms with Gasteiger partial charge in [-0.25, -0.2) is 13.4 Å².